The zero-order valence-corrected chi connectivity index (χ0v) is 22.4. The molecule has 1 N–H and O–H groups in total. The first kappa shape index (κ1) is 24.6. The molecule has 2 amide bonds. The van der Waals surface area contributed by atoms with Crippen LogP contribution in [-0.4, -0.2) is 37.8 Å². The number of carbonyl (C=O) groups excluding carboxylic acids is 2. The van der Waals surface area contributed by atoms with Gasteiger partial charge in [-0.05, 0) is 34.9 Å². The van der Waals surface area contributed by atoms with Crippen LogP contribution in [0.25, 0.3) is 16.8 Å². The van der Waals surface area contributed by atoms with Gasteiger partial charge >= 0.3 is 0 Å². The first-order chi connectivity index (χ1) is 17.5. The van der Waals surface area contributed by atoms with Gasteiger partial charge < -0.3 is 0 Å². The molecule has 0 aliphatic carbocycles. The molecule has 5 rings (SSSR count). The van der Waals surface area contributed by atoms with Crippen LogP contribution in [0.5, 0.6) is 0 Å². The van der Waals surface area contributed by atoms with Crippen LogP contribution >= 0.6 is 47.1 Å². The van der Waals surface area contributed by atoms with Crippen molar-refractivity contribution < 1.29 is 9.59 Å². The lowest BCUT2D eigenvalue weighted by Crippen LogP contribution is -2.36. The van der Waals surface area contributed by atoms with Crippen molar-refractivity contribution in [2.45, 2.75) is 17.0 Å². The fourth-order valence-corrected chi connectivity index (χ4v) is 6.66. The molecule has 4 aromatic rings. The van der Waals surface area contributed by atoms with Crippen molar-refractivity contribution in [1.29, 1.82) is 0 Å². The summed E-state index contributed by atoms with van der Waals surface area (Å²) in [6.45, 7) is 1.83. The van der Waals surface area contributed by atoms with Crippen molar-refractivity contribution in [2.24, 2.45) is 0 Å². The van der Waals surface area contributed by atoms with Crippen LogP contribution in [0.2, 0.25) is 0 Å². The van der Waals surface area contributed by atoms with E-state index < -0.39 is 0 Å². The van der Waals surface area contributed by atoms with Gasteiger partial charge in [-0.1, -0.05) is 119 Å². The average Bonchev–Trinajstić information content (AvgIpc) is 3.43. The number of hydrogen-bond acceptors (Lipinski definition) is 8. The van der Waals surface area contributed by atoms with E-state index in [2.05, 4.69) is 39.8 Å². The number of amides is 2. The van der Waals surface area contributed by atoms with E-state index in [0.717, 1.165) is 21.2 Å². The second-order valence-electron chi connectivity index (χ2n) is 8.03. The predicted molar refractivity (Wildman–Crippen MR) is 153 cm³/mol. The standard InChI is InChI=1S/C26H20N4O2S4/c1-16-9-11-17(12-10-16)13-21-23(32)30(26(33)35-21)14-22(31)27-24-28-29-25(36-24)34-15-19-7-4-6-18-5-2-3-8-20(18)19/h2-13H,14-15H2,1H3,(H,27,28,31)/b21-13-. The van der Waals surface area contributed by atoms with Crippen molar-refractivity contribution in [1.82, 2.24) is 15.1 Å². The number of fused-ring (bicyclic) bond motifs is 1. The zero-order valence-electron chi connectivity index (χ0n) is 19.1. The Morgan fingerprint density at radius 1 is 1.08 bits per heavy atom. The highest BCUT2D eigenvalue weighted by molar-refractivity contribution is 8.26. The van der Waals surface area contributed by atoms with E-state index >= 15 is 0 Å². The molecule has 0 unspecified atom stereocenters. The predicted octanol–water partition coefficient (Wildman–Crippen LogP) is 6.13. The van der Waals surface area contributed by atoms with Crippen molar-refractivity contribution in [3.8, 4) is 0 Å². The highest BCUT2D eigenvalue weighted by Gasteiger charge is 2.33. The smallest absolute Gasteiger partial charge is 0.266 e. The van der Waals surface area contributed by atoms with Crippen LogP contribution in [0.4, 0.5) is 5.13 Å². The maximum absolute atomic E-state index is 12.8. The van der Waals surface area contributed by atoms with Gasteiger partial charge in [0.05, 0.1) is 4.91 Å². The number of anilines is 1. The number of aromatic nitrogens is 2. The summed E-state index contributed by atoms with van der Waals surface area (Å²) in [5.74, 6) is 0.0994. The number of thiocarbonyl (C=S) groups is 1. The van der Waals surface area contributed by atoms with E-state index in [1.165, 1.54) is 44.3 Å². The number of aryl methyl sites for hydroxylation is 1. The van der Waals surface area contributed by atoms with Crippen LogP contribution in [-0.2, 0) is 15.3 Å². The summed E-state index contributed by atoms with van der Waals surface area (Å²) < 4.78 is 1.11. The Hall–Kier alpha value is -3.05. The number of nitrogens with zero attached hydrogens (tertiary/aromatic N) is 3. The van der Waals surface area contributed by atoms with Crippen molar-refractivity contribution >= 4 is 85.2 Å². The largest absolute Gasteiger partial charge is 0.299 e. The van der Waals surface area contributed by atoms with Gasteiger partial charge in [0.25, 0.3) is 5.91 Å². The van der Waals surface area contributed by atoms with Gasteiger partial charge in [-0.3, -0.25) is 19.8 Å². The van der Waals surface area contributed by atoms with Crippen LogP contribution in [0.1, 0.15) is 16.7 Å². The fraction of sp³-hybridized carbons (Fsp3) is 0.115. The quantitative estimate of drug-likeness (QED) is 0.129. The zero-order chi connectivity index (χ0) is 25.1. The van der Waals surface area contributed by atoms with Crippen LogP contribution < -0.4 is 5.32 Å². The third kappa shape index (κ3) is 5.67. The van der Waals surface area contributed by atoms with E-state index in [1.807, 2.05) is 49.4 Å². The minimum absolute atomic E-state index is 0.173. The molecule has 0 saturated carbocycles. The lowest BCUT2D eigenvalue weighted by molar-refractivity contribution is -0.126. The minimum Gasteiger partial charge on any atom is -0.299 e. The minimum atomic E-state index is -0.371. The molecular formula is C26H20N4O2S4. The number of hydrogen-bond donors (Lipinski definition) is 1. The fourth-order valence-electron chi connectivity index (χ4n) is 3.63. The van der Waals surface area contributed by atoms with Gasteiger partial charge in [0.2, 0.25) is 11.0 Å². The van der Waals surface area contributed by atoms with Crippen molar-refractivity contribution in [3.05, 3.63) is 88.3 Å². The molecule has 3 aromatic carbocycles. The molecule has 1 aliphatic heterocycles. The van der Waals surface area contributed by atoms with Gasteiger partial charge in [-0.15, -0.1) is 10.2 Å². The molecular weight excluding hydrogens is 529 g/mol. The number of benzene rings is 3. The number of thioether (sulfide) groups is 2. The van der Waals surface area contributed by atoms with Gasteiger partial charge in [-0.25, -0.2) is 0 Å². The molecule has 0 atom stereocenters. The Morgan fingerprint density at radius 3 is 2.69 bits per heavy atom. The molecule has 180 valence electrons. The molecule has 0 radical (unpaired) electrons. The highest BCUT2D eigenvalue weighted by Crippen LogP contribution is 2.33. The summed E-state index contributed by atoms with van der Waals surface area (Å²) in [6.07, 6.45) is 1.79. The number of carbonyl (C=O) groups is 2. The second kappa shape index (κ2) is 10.9. The van der Waals surface area contributed by atoms with E-state index in [9.17, 15) is 9.59 Å². The normalized spacial score (nSPS) is 14.7. The first-order valence-corrected chi connectivity index (χ1v) is 14.0. The van der Waals surface area contributed by atoms with Gasteiger partial charge in [0.15, 0.2) is 4.34 Å². The summed E-state index contributed by atoms with van der Waals surface area (Å²) in [5, 5.41) is 13.8. The van der Waals surface area contributed by atoms with Gasteiger partial charge in [0, 0.05) is 5.75 Å². The van der Waals surface area contributed by atoms with Crippen LogP contribution in [0.3, 0.4) is 0 Å². The van der Waals surface area contributed by atoms with Crippen LogP contribution in [0.15, 0.2) is 76.0 Å². The van der Waals surface area contributed by atoms with E-state index in [-0.39, 0.29) is 18.4 Å². The van der Waals surface area contributed by atoms with Gasteiger partial charge in [-0.2, -0.15) is 0 Å². The topological polar surface area (TPSA) is 75.2 Å². The molecule has 1 aliphatic rings. The summed E-state index contributed by atoms with van der Waals surface area (Å²) >= 11 is 9.42. The maximum Gasteiger partial charge on any atom is 0.266 e. The van der Waals surface area contributed by atoms with Crippen molar-refractivity contribution in [3.63, 3.8) is 0 Å². The molecule has 0 bridgehead atoms. The second-order valence-corrected chi connectivity index (χ2v) is 11.9. The first-order valence-electron chi connectivity index (χ1n) is 11.0. The highest BCUT2D eigenvalue weighted by atomic mass is 32.2. The molecule has 1 fully saturated rings. The summed E-state index contributed by atoms with van der Waals surface area (Å²) in [6, 6.07) is 22.4. The Kier molecular flexibility index (Phi) is 7.47. The summed E-state index contributed by atoms with van der Waals surface area (Å²) in [4.78, 5) is 27.3. The lowest BCUT2D eigenvalue weighted by atomic mass is 10.1. The molecule has 2 heterocycles. The molecule has 0 spiro atoms. The third-order valence-electron chi connectivity index (χ3n) is 5.43. The molecule has 1 aromatic heterocycles. The Morgan fingerprint density at radius 2 is 1.86 bits per heavy atom. The third-order valence-corrected chi connectivity index (χ3v) is 8.83. The molecule has 36 heavy (non-hydrogen) atoms. The van der Waals surface area contributed by atoms with Gasteiger partial charge in [0.1, 0.15) is 10.9 Å². The SMILES string of the molecule is Cc1ccc(/C=C2\SC(=S)N(CC(=O)Nc3nnc(SCc4cccc5ccccc45)s3)C2=O)cc1. The van der Waals surface area contributed by atoms with E-state index in [0.29, 0.717) is 14.4 Å². The molecule has 10 heteroatoms. The Labute approximate surface area is 226 Å². The number of nitrogens with one attached hydrogen (secondary N) is 1. The average molecular weight is 549 g/mol. The summed E-state index contributed by atoms with van der Waals surface area (Å²) in [7, 11) is 0. The Balaban J connectivity index is 1.18. The number of rotatable bonds is 7. The molecule has 6 nitrogen and oxygen atoms in total. The lowest BCUT2D eigenvalue weighted by Gasteiger charge is -2.13. The Bertz CT molecular complexity index is 1490. The maximum atomic E-state index is 12.8. The van der Waals surface area contributed by atoms with Crippen LogP contribution in [0, 0.1) is 6.92 Å². The van der Waals surface area contributed by atoms with E-state index in [1.54, 1.807) is 17.8 Å². The monoisotopic (exact) mass is 548 g/mol. The van der Waals surface area contributed by atoms with Crippen molar-refractivity contribution in [2.75, 3.05) is 11.9 Å². The summed E-state index contributed by atoms with van der Waals surface area (Å²) in [5.41, 5.74) is 3.27. The molecule has 1 saturated heterocycles. The van der Waals surface area contributed by atoms with E-state index in [4.69, 9.17) is 12.2 Å².